The van der Waals surface area contributed by atoms with Crippen LogP contribution in [0.1, 0.15) is 12.5 Å². The third-order valence-electron chi connectivity index (χ3n) is 3.17. The summed E-state index contributed by atoms with van der Waals surface area (Å²) in [6, 6.07) is 12.8. The number of fused-ring (bicyclic) bond motifs is 1. The molecule has 0 aliphatic carbocycles. The third-order valence-corrected chi connectivity index (χ3v) is 3.17. The molecular formula is C17H18N2O4. The summed E-state index contributed by atoms with van der Waals surface area (Å²) in [5, 5.41) is 6.48. The minimum atomic E-state index is -0.665. The van der Waals surface area contributed by atoms with Crippen LogP contribution in [0.5, 0.6) is 0 Å². The first-order chi connectivity index (χ1) is 11.1. The second-order valence-electron chi connectivity index (χ2n) is 4.88. The van der Waals surface area contributed by atoms with Crippen molar-refractivity contribution >= 4 is 28.7 Å². The van der Waals surface area contributed by atoms with E-state index in [1.807, 2.05) is 42.5 Å². The summed E-state index contributed by atoms with van der Waals surface area (Å²) >= 11 is 0. The van der Waals surface area contributed by atoms with Crippen molar-refractivity contribution in [2.75, 3.05) is 13.2 Å². The summed E-state index contributed by atoms with van der Waals surface area (Å²) in [7, 11) is 0. The van der Waals surface area contributed by atoms with Crippen LogP contribution in [-0.2, 0) is 20.7 Å². The third kappa shape index (κ3) is 4.81. The molecule has 0 saturated carbocycles. The zero-order valence-electron chi connectivity index (χ0n) is 12.8. The summed E-state index contributed by atoms with van der Waals surface area (Å²) in [4.78, 5) is 34.5. The van der Waals surface area contributed by atoms with Crippen LogP contribution in [0.25, 0.3) is 10.8 Å². The lowest BCUT2D eigenvalue weighted by atomic mass is 10.0. The molecule has 2 rings (SSSR count). The number of hydrogen-bond acceptors (Lipinski definition) is 4. The van der Waals surface area contributed by atoms with Crippen molar-refractivity contribution in [1.82, 2.24) is 10.6 Å². The zero-order valence-corrected chi connectivity index (χ0v) is 12.8. The number of hydrogen-bond donors (Lipinski definition) is 2. The molecule has 3 amide bonds. The number of carbonyl (C=O) groups excluding carboxylic acids is 3. The van der Waals surface area contributed by atoms with E-state index in [1.165, 1.54) is 0 Å². The number of benzene rings is 2. The molecule has 6 heteroatoms. The van der Waals surface area contributed by atoms with Gasteiger partial charge in [-0.1, -0.05) is 42.5 Å². The minimum absolute atomic E-state index is 0.0653. The molecule has 0 radical (unpaired) electrons. The number of rotatable bonds is 5. The Morgan fingerprint density at radius 3 is 2.57 bits per heavy atom. The molecule has 0 spiro atoms. The fraction of sp³-hybridized carbons (Fsp3) is 0.235. The van der Waals surface area contributed by atoms with Crippen LogP contribution >= 0.6 is 0 Å². The predicted molar refractivity (Wildman–Crippen MR) is 85.8 cm³/mol. The van der Waals surface area contributed by atoms with Crippen molar-refractivity contribution in [1.29, 1.82) is 0 Å². The molecule has 2 aromatic rings. The maximum Gasteiger partial charge on any atom is 0.321 e. The van der Waals surface area contributed by atoms with Crippen molar-refractivity contribution in [2.24, 2.45) is 0 Å². The van der Waals surface area contributed by atoms with E-state index < -0.39 is 24.5 Å². The standard InChI is InChI=1S/C17H18N2O4/c1-2-18-17(22)19-15(20)11-23-16(21)10-13-8-5-7-12-6-3-4-9-14(12)13/h3-9H,2,10-11H2,1H3,(H2,18,19,20,22). The average Bonchev–Trinajstić information content (AvgIpc) is 2.53. The van der Waals surface area contributed by atoms with Gasteiger partial charge in [0.1, 0.15) is 0 Å². The second-order valence-corrected chi connectivity index (χ2v) is 4.88. The molecule has 0 saturated heterocycles. The van der Waals surface area contributed by atoms with Gasteiger partial charge in [0.2, 0.25) is 0 Å². The molecule has 6 nitrogen and oxygen atoms in total. The molecule has 0 aliphatic heterocycles. The Morgan fingerprint density at radius 1 is 1.04 bits per heavy atom. The molecule has 23 heavy (non-hydrogen) atoms. The largest absolute Gasteiger partial charge is 0.455 e. The van der Waals surface area contributed by atoms with Crippen LogP contribution in [0, 0.1) is 0 Å². The maximum atomic E-state index is 11.9. The van der Waals surface area contributed by atoms with Gasteiger partial charge in [-0.15, -0.1) is 0 Å². The first-order valence-electron chi connectivity index (χ1n) is 7.30. The summed E-state index contributed by atoms with van der Waals surface area (Å²) in [5.74, 6) is -1.19. The van der Waals surface area contributed by atoms with Crippen LogP contribution in [0.3, 0.4) is 0 Å². The lowest BCUT2D eigenvalue weighted by Crippen LogP contribution is -2.41. The Bertz CT molecular complexity index is 722. The number of nitrogens with one attached hydrogen (secondary N) is 2. The number of carbonyl (C=O) groups is 3. The highest BCUT2D eigenvalue weighted by atomic mass is 16.5. The molecule has 2 aromatic carbocycles. The van der Waals surface area contributed by atoms with Gasteiger partial charge in [0.15, 0.2) is 6.61 Å². The van der Waals surface area contributed by atoms with Gasteiger partial charge in [-0.25, -0.2) is 4.79 Å². The van der Waals surface area contributed by atoms with Crippen LogP contribution in [0.15, 0.2) is 42.5 Å². The van der Waals surface area contributed by atoms with E-state index in [4.69, 9.17) is 4.74 Å². The number of amides is 3. The van der Waals surface area contributed by atoms with Crippen molar-refractivity contribution < 1.29 is 19.1 Å². The first kappa shape index (κ1) is 16.5. The average molecular weight is 314 g/mol. The quantitative estimate of drug-likeness (QED) is 0.824. The van der Waals surface area contributed by atoms with Gasteiger partial charge in [-0.2, -0.15) is 0 Å². The molecular weight excluding hydrogens is 296 g/mol. The summed E-state index contributed by atoms with van der Waals surface area (Å²) in [5.41, 5.74) is 0.831. The number of ether oxygens (including phenoxy) is 1. The highest BCUT2D eigenvalue weighted by Gasteiger charge is 2.12. The smallest absolute Gasteiger partial charge is 0.321 e. The topological polar surface area (TPSA) is 84.5 Å². The van der Waals surface area contributed by atoms with Crippen LogP contribution in [0.4, 0.5) is 4.79 Å². The van der Waals surface area contributed by atoms with E-state index in [0.717, 1.165) is 16.3 Å². The normalized spacial score (nSPS) is 10.1. The summed E-state index contributed by atoms with van der Waals surface area (Å²) in [6.45, 7) is 1.65. The minimum Gasteiger partial charge on any atom is -0.455 e. The van der Waals surface area contributed by atoms with Gasteiger partial charge in [-0.3, -0.25) is 14.9 Å². The predicted octanol–water partition coefficient (Wildman–Crippen LogP) is 1.77. The molecule has 120 valence electrons. The van der Waals surface area contributed by atoms with E-state index >= 15 is 0 Å². The van der Waals surface area contributed by atoms with Crippen molar-refractivity contribution in [2.45, 2.75) is 13.3 Å². The maximum absolute atomic E-state index is 11.9. The molecule has 0 aliphatic rings. The highest BCUT2D eigenvalue weighted by Crippen LogP contribution is 2.19. The monoisotopic (exact) mass is 314 g/mol. The molecule has 2 N–H and O–H groups in total. The lowest BCUT2D eigenvalue weighted by Gasteiger charge is -2.08. The fourth-order valence-corrected chi connectivity index (χ4v) is 2.17. The van der Waals surface area contributed by atoms with E-state index in [9.17, 15) is 14.4 Å². The van der Waals surface area contributed by atoms with E-state index in [-0.39, 0.29) is 6.42 Å². The van der Waals surface area contributed by atoms with Crippen molar-refractivity contribution in [3.63, 3.8) is 0 Å². The molecule has 0 bridgehead atoms. The first-order valence-corrected chi connectivity index (χ1v) is 7.30. The Kier molecular flexibility index (Phi) is 5.68. The number of urea groups is 1. The fourth-order valence-electron chi connectivity index (χ4n) is 2.17. The second kappa shape index (κ2) is 7.93. The summed E-state index contributed by atoms with van der Waals surface area (Å²) in [6.07, 6.45) is 0.0653. The van der Waals surface area contributed by atoms with Crippen LogP contribution in [-0.4, -0.2) is 31.1 Å². The molecule has 0 heterocycles. The molecule has 0 atom stereocenters. The lowest BCUT2D eigenvalue weighted by molar-refractivity contribution is -0.147. The Morgan fingerprint density at radius 2 is 1.78 bits per heavy atom. The van der Waals surface area contributed by atoms with Gasteiger partial charge in [0, 0.05) is 6.54 Å². The van der Waals surface area contributed by atoms with Crippen LogP contribution < -0.4 is 10.6 Å². The van der Waals surface area contributed by atoms with E-state index in [0.29, 0.717) is 6.54 Å². The van der Waals surface area contributed by atoms with Gasteiger partial charge in [0.25, 0.3) is 5.91 Å². The zero-order chi connectivity index (χ0) is 16.7. The van der Waals surface area contributed by atoms with E-state index in [2.05, 4.69) is 10.6 Å². The number of esters is 1. The Balaban J connectivity index is 1.89. The van der Waals surface area contributed by atoms with Crippen molar-refractivity contribution in [3.8, 4) is 0 Å². The SMILES string of the molecule is CCNC(=O)NC(=O)COC(=O)Cc1cccc2ccccc12. The highest BCUT2D eigenvalue weighted by molar-refractivity contribution is 5.95. The molecule has 0 fully saturated rings. The molecule has 0 unspecified atom stereocenters. The Labute approximate surface area is 133 Å². The molecule has 0 aromatic heterocycles. The number of imide groups is 1. The summed E-state index contributed by atoms with van der Waals surface area (Å²) < 4.78 is 4.90. The van der Waals surface area contributed by atoms with E-state index in [1.54, 1.807) is 6.92 Å². The van der Waals surface area contributed by atoms with Gasteiger partial charge >= 0.3 is 12.0 Å². The van der Waals surface area contributed by atoms with Gasteiger partial charge < -0.3 is 10.1 Å². The van der Waals surface area contributed by atoms with Crippen molar-refractivity contribution in [3.05, 3.63) is 48.0 Å². The van der Waals surface area contributed by atoms with Gasteiger partial charge in [-0.05, 0) is 23.3 Å². The Hall–Kier alpha value is -2.89. The van der Waals surface area contributed by atoms with Gasteiger partial charge in [0.05, 0.1) is 6.42 Å². The van der Waals surface area contributed by atoms with Crippen LogP contribution in [0.2, 0.25) is 0 Å².